The van der Waals surface area contributed by atoms with Gasteiger partial charge >= 0.3 is 0 Å². The van der Waals surface area contributed by atoms with Crippen LogP contribution in [0.4, 0.5) is 0 Å². The van der Waals surface area contributed by atoms with Crippen molar-refractivity contribution in [3.8, 4) is 79.2 Å². The third kappa shape index (κ3) is 4.72. The fourth-order valence-electron chi connectivity index (χ4n) is 8.21. The number of furan rings is 1. The second-order valence-electron chi connectivity index (χ2n) is 14.6. The van der Waals surface area contributed by atoms with Gasteiger partial charge in [-0.05, 0) is 76.3 Å². The van der Waals surface area contributed by atoms with Crippen molar-refractivity contribution in [3.05, 3.63) is 169 Å². The van der Waals surface area contributed by atoms with Gasteiger partial charge in [0.1, 0.15) is 11.2 Å². The third-order valence-electron chi connectivity index (χ3n) is 11.0. The lowest BCUT2D eigenvalue weighted by atomic mass is 9.82. The highest BCUT2D eigenvalue weighted by Crippen LogP contribution is 2.58. The van der Waals surface area contributed by atoms with E-state index in [-0.39, 0.29) is 5.41 Å². The molecule has 0 atom stereocenters. The molecule has 0 saturated carbocycles. The summed E-state index contributed by atoms with van der Waals surface area (Å²) in [7, 11) is 0. The monoisotopic (exact) mass is 696 g/mol. The van der Waals surface area contributed by atoms with Gasteiger partial charge in [0, 0.05) is 38.4 Å². The second kappa shape index (κ2) is 11.5. The normalized spacial score (nSPS) is 13.4. The van der Waals surface area contributed by atoms with E-state index in [1.54, 1.807) is 0 Å². The lowest BCUT2D eigenvalue weighted by Gasteiger charge is -2.25. The van der Waals surface area contributed by atoms with Gasteiger partial charge in [0.15, 0.2) is 28.8 Å². The van der Waals surface area contributed by atoms with E-state index in [1.165, 1.54) is 16.7 Å². The Morgan fingerprint density at radius 2 is 1.15 bits per heavy atom. The molecular weight excluding hydrogens is 665 g/mol. The maximum absolute atomic E-state index is 6.66. The van der Waals surface area contributed by atoms with Gasteiger partial charge in [0.2, 0.25) is 0 Å². The van der Waals surface area contributed by atoms with Crippen LogP contribution < -0.4 is 9.47 Å². The number of fused-ring (bicyclic) bond motifs is 9. The lowest BCUT2D eigenvalue weighted by molar-refractivity contribution is 0.360. The van der Waals surface area contributed by atoms with E-state index in [1.807, 2.05) is 48.5 Å². The van der Waals surface area contributed by atoms with E-state index < -0.39 is 0 Å². The molecule has 0 N–H and O–H groups in total. The van der Waals surface area contributed by atoms with Crippen molar-refractivity contribution in [2.45, 2.75) is 19.3 Å². The van der Waals surface area contributed by atoms with Crippen molar-refractivity contribution in [2.24, 2.45) is 0 Å². The lowest BCUT2D eigenvalue weighted by Crippen LogP contribution is -2.15. The Morgan fingerprint density at radius 1 is 0.444 bits per heavy atom. The summed E-state index contributed by atoms with van der Waals surface area (Å²) in [6.07, 6.45) is 0. The molecule has 256 valence electrons. The van der Waals surface area contributed by atoms with E-state index in [9.17, 15) is 0 Å². The van der Waals surface area contributed by atoms with Crippen LogP contribution in [0.2, 0.25) is 0 Å². The van der Waals surface area contributed by atoms with E-state index in [2.05, 4.69) is 123 Å². The molecular formula is C49H32N2O3. The number of benzene rings is 7. The molecule has 0 fully saturated rings. The molecule has 5 heteroatoms. The molecule has 3 heterocycles. The molecule has 5 nitrogen and oxygen atoms in total. The van der Waals surface area contributed by atoms with Crippen LogP contribution in [-0.2, 0) is 5.41 Å². The first-order valence-electron chi connectivity index (χ1n) is 18.2. The number of hydrogen-bond acceptors (Lipinski definition) is 5. The standard InChI is InChI=1S/C49H32N2O3/c1-49(2)37-17-8-6-16-36(37)46-38(49)22-24-43-47(46)54-42-23-20-31(26-45(42)53-43)30-13-10-14-33(25-30)48-50-39(29-11-4-3-5-12-29)28-40(51-48)32-19-21-35-34-15-7-9-18-41(34)52-44(35)27-32/h3-28H,1-2H3. The van der Waals surface area contributed by atoms with E-state index >= 15 is 0 Å². The highest BCUT2D eigenvalue weighted by Gasteiger charge is 2.39. The van der Waals surface area contributed by atoms with Gasteiger partial charge in [-0.2, -0.15) is 0 Å². The second-order valence-corrected chi connectivity index (χ2v) is 14.6. The van der Waals surface area contributed by atoms with Crippen LogP contribution >= 0.6 is 0 Å². The van der Waals surface area contributed by atoms with Crippen molar-refractivity contribution in [1.29, 1.82) is 0 Å². The van der Waals surface area contributed by atoms with Crippen LogP contribution in [0.25, 0.3) is 78.1 Å². The predicted octanol–water partition coefficient (Wildman–Crippen LogP) is 13.2. The molecule has 0 spiro atoms. The summed E-state index contributed by atoms with van der Waals surface area (Å²) in [6.45, 7) is 4.54. The first-order valence-corrected chi connectivity index (χ1v) is 18.2. The predicted molar refractivity (Wildman–Crippen MR) is 215 cm³/mol. The molecule has 0 radical (unpaired) electrons. The Bertz CT molecular complexity index is 2980. The summed E-state index contributed by atoms with van der Waals surface area (Å²) in [6, 6.07) is 54.1. The van der Waals surface area contributed by atoms with E-state index in [0.717, 1.165) is 78.2 Å². The number of ether oxygens (including phenoxy) is 2. The van der Waals surface area contributed by atoms with Gasteiger partial charge in [-0.1, -0.05) is 123 Å². The van der Waals surface area contributed by atoms with Crippen molar-refractivity contribution < 1.29 is 13.9 Å². The van der Waals surface area contributed by atoms with Crippen molar-refractivity contribution in [3.63, 3.8) is 0 Å². The zero-order chi connectivity index (χ0) is 36.0. The third-order valence-corrected chi connectivity index (χ3v) is 11.0. The Labute approximate surface area is 312 Å². The van der Waals surface area contributed by atoms with Gasteiger partial charge in [-0.15, -0.1) is 0 Å². The minimum Gasteiger partial charge on any atom is -0.456 e. The van der Waals surface area contributed by atoms with Crippen LogP contribution in [-0.4, -0.2) is 9.97 Å². The number of nitrogens with zero attached hydrogens (tertiary/aromatic N) is 2. The number of aromatic nitrogens is 2. The summed E-state index contributed by atoms with van der Waals surface area (Å²) in [5.41, 5.74) is 13.0. The van der Waals surface area contributed by atoms with Gasteiger partial charge in [0.25, 0.3) is 0 Å². The first-order chi connectivity index (χ1) is 26.5. The quantitative estimate of drug-likeness (QED) is 0.183. The molecule has 2 aromatic heterocycles. The molecule has 0 bridgehead atoms. The van der Waals surface area contributed by atoms with Gasteiger partial charge in [0.05, 0.1) is 11.4 Å². The molecule has 2 aliphatic rings. The Morgan fingerprint density at radius 3 is 2.06 bits per heavy atom. The van der Waals surface area contributed by atoms with Crippen LogP contribution in [0.15, 0.2) is 162 Å². The molecule has 11 rings (SSSR count). The Kier molecular flexibility index (Phi) is 6.53. The summed E-state index contributed by atoms with van der Waals surface area (Å²) in [5, 5.41) is 2.19. The molecule has 0 amide bonds. The van der Waals surface area contributed by atoms with Gasteiger partial charge in [-0.25, -0.2) is 9.97 Å². The summed E-state index contributed by atoms with van der Waals surface area (Å²) >= 11 is 0. The minimum absolute atomic E-state index is 0.118. The molecule has 1 aliphatic heterocycles. The molecule has 1 aliphatic carbocycles. The highest BCUT2D eigenvalue weighted by atomic mass is 16.6. The van der Waals surface area contributed by atoms with Crippen molar-refractivity contribution in [2.75, 3.05) is 0 Å². The summed E-state index contributed by atoms with van der Waals surface area (Å²) < 4.78 is 19.5. The van der Waals surface area contributed by atoms with Gasteiger partial charge < -0.3 is 13.9 Å². The van der Waals surface area contributed by atoms with Crippen LogP contribution in [0.1, 0.15) is 25.0 Å². The molecule has 0 unspecified atom stereocenters. The summed E-state index contributed by atoms with van der Waals surface area (Å²) in [4.78, 5) is 10.2. The van der Waals surface area contributed by atoms with Crippen LogP contribution in [0, 0.1) is 0 Å². The Balaban J connectivity index is 0.970. The average Bonchev–Trinajstić information content (AvgIpc) is 3.71. The fourth-order valence-corrected chi connectivity index (χ4v) is 8.21. The number of hydrogen-bond donors (Lipinski definition) is 0. The fraction of sp³-hybridized carbons (Fsp3) is 0.0612. The van der Waals surface area contributed by atoms with Crippen LogP contribution in [0.5, 0.6) is 23.0 Å². The molecule has 0 saturated heterocycles. The molecule has 54 heavy (non-hydrogen) atoms. The summed E-state index contributed by atoms with van der Waals surface area (Å²) in [5.74, 6) is 3.52. The largest absolute Gasteiger partial charge is 0.456 e. The number of para-hydroxylation sites is 1. The first kappa shape index (κ1) is 30.6. The maximum atomic E-state index is 6.66. The molecule has 7 aromatic carbocycles. The van der Waals surface area contributed by atoms with E-state index in [0.29, 0.717) is 17.3 Å². The minimum atomic E-state index is -0.118. The topological polar surface area (TPSA) is 57.4 Å². The van der Waals surface area contributed by atoms with Gasteiger partial charge in [-0.3, -0.25) is 0 Å². The number of rotatable bonds is 4. The van der Waals surface area contributed by atoms with Crippen molar-refractivity contribution >= 4 is 21.9 Å². The molecule has 9 aromatic rings. The highest BCUT2D eigenvalue weighted by molar-refractivity contribution is 6.05. The van der Waals surface area contributed by atoms with Crippen LogP contribution in [0.3, 0.4) is 0 Å². The zero-order valence-electron chi connectivity index (χ0n) is 29.6. The zero-order valence-corrected chi connectivity index (χ0v) is 29.6. The average molecular weight is 697 g/mol. The SMILES string of the molecule is CC1(C)c2ccccc2-c2c1ccc1c2Oc2ccc(-c3cccc(-c4nc(-c5ccccc5)cc(-c5ccc6c(c5)oc5ccccc56)n4)c3)cc2O1. The van der Waals surface area contributed by atoms with Crippen molar-refractivity contribution in [1.82, 2.24) is 9.97 Å². The van der Waals surface area contributed by atoms with E-state index in [4.69, 9.17) is 23.9 Å². The maximum Gasteiger partial charge on any atom is 0.178 e. The smallest absolute Gasteiger partial charge is 0.178 e. The Hall–Kier alpha value is -6.98.